The van der Waals surface area contributed by atoms with E-state index in [4.69, 9.17) is 15.5 Å². The normalized spacial score (nSPS) is 22.2. The third-order valence-corrected chi connectivity index (χ3v) is 9.48. The zero-order valence-corrected chi connectivity index (χ0v) is 23.2. The summed E-state index contributed by atoms with van der Waals surface area (Å²) in [5.74, 6) is 3.56. The summed E-state index contributed by atoms with van der Waals surface area (Å²) in [7, 11) is 0. The molecule has 6 rings (SSSR count). The number of nitrogen functional groups attached to an aromatic ring is 1. The Bertz CT molecular complexity index is 1290. The second kappa shape index (κ2) is 12.0. The van der Waals surface area contributed by atoms with Crippen LogP contribution in [-0.4, -0.2) is 28.4 Å². The van der Waals surface area contributed by atoms with Gasteiger partial charge < -0.3 is 15.4 Å². The highest BCUT2D eigenvalue weighted by Gasteiger charge is 2.29. The zero-order valence-electron chi connectivity index (χ0n) is 23.2. The van der Waals surface area contributed by atoms with E-state index in [0.717, 1.165) is 66.6 Å². The van der Waals surface area contributed by atoms with Gasteiger partial charge in [0.2, 0.25) is 5.91 Å². The summed E-state index contributed by atoms with van der Waals surface area (Å²) in [6, 6.07) is 17.1. The van der Waals surface area contributed by atoms with Crippen LogP contribution < -0.4 is 10.5 Å². The largest absolute Gasteiger partial charge is 0.457 e. The lowest BCUT2D eigenvalue weighted by molar-refractivity contribution is -0.134. The molecular weight excluding hydrogens is 482 g/mol. The van der Waals surface area contributed by atoms with Gasteiger partial charge in [0.15, 0.2) is 0 Å². The molecule has 2 aromatic carbocycles. The highest BCUT2D eigenvalue weighted by atomic mass is 16.5. The summed E-state index contributed by atoms with van der Waals surface area (Å²) >= 11 is 0. The summed E-state index contributed by atoms with van der Waals surface area (Å²) in [4.78, 5) is 20.8. The molecule has 1 atom stereocenters. The molecule has 39 heavy (non-hydrogen) atoms. The topological polar surface area (TPSA) is 68.5 Å². The number of aromatic nitrogens is 1. The monoisotopic (exact) mass is 525 g/mol. The number of hydrogen-bond donors (Lipinski definition) is 1. The molecule has 1 aliphatic heterocycles. The van der Waals surface area contributed by atoms with Gasteiger partial charge in [-0.1, -0.05) is 50.7 Å². The number of nitrogens with zero attached hydrogens (tertiary/aromatic N) is 2. The Balaban J connectivity index is 1.37. The minimum Gasteiger partial charge on any atom is -0.457 e. The van der Waals surface area contributed by atoms with Crippen LogP contribution >= 0.6 is 0 Å². The Kier molecular flexibility index (Phi) is 8.03. The first-order chi connectivity index (χ1) is 19.1. The molecule has 2 saturated carbocycles. The maximum Gasteiger partial charge on any atom is 0.222 e. The molecular formula is C34H43N3O2. The van der Waals surface area contributed by atoms with Crippen molar-refractivity contribution in [1.29, 1.82) is 0 Å². The number of hydrogen-bond acceptors (Lipinski definition) is 4. The van der Waals surface area contributed by atoms with E-state index in [1.807, 2.05) is 18.2 Å². The molecule has 0 saturated heterocycles. The fraction of sp³-hybridized carbons (Fsp3) is 0.529. The van der Waals surface area contributed by atoms with Crippen molar-refractivity contribution in [3.63, 3.8) is 0 Å². The zero-order chi connectivity index (χ0) is 26.6. The maximum atomic E-state index is 13.8. The molecule has 2 fully saturated rings. The average Bonchev–Trinajstić information content (AvgIpc) is 2.96. The van der Waals surface area contributed by atoms with Crippen molar-refractivity contribution in [1.82, 2.24) is 9.88 Å². The second-order valence-corrected chi connectivity index (χ2v) is 12.1. The van der Waals surface area contributed by atoms with Gasteiger partial charge in [0.25, 0.3) is 0 Å². The maximum absolute atomic E-state index is 13.8. The third kappa shape index (κ3) is 6.08. The van der Waals surface area contributed by atoms with Crippen LogP contribution in [0.5, 0.6) is 11.5 Å². The first kappa shape index (κ1) is 26.2. The van der Waals surface area contributed by atoms with Crippen molar-refractivity contribution in [2.75, 3.05) is 12.3 Å². The van der Waals surface area contributed by atoms with Crippen LogP contribution in [0.3, 0.4) is 0 Å². The van der Waals surface area contributed by atoms with E-state index in [0.29, 0.717) is 36.0 Å². The first-order valence-corrected chi connectivity index (χ1v) is 15.4. The van der Waals surface area contributed by atoms with Crippen LogP contribution in [0, 0.1) is 5.92 Å². The number of anilines is 1. The van der Waals surface area contributed by atoms with Crippen LogP contribution in [0.4, 0.5) is 5.82 Å². The van der Waals surface area contributed by atoms with Gasteiger partial charge in [-0.25, -0.2) is 4.98 Å². The van der Waals surface area contributed by atoms with E-state index in [1.54, 1.807) is 0 Å². The molecule has 2 N–H and O–H groups in total. The lowest BCUT2D eigenvalue weighted by Gasteiger charge is -2.35. The van der Waals surface area contributed by atoms with Gasteiger partial charge in [0.05, 0.1) is 5.52 Å². The van der Waals surface area contributed by atoms with Gasteiger partial charge in [-0.05, 0) is 104 Å². The van der Waals surface area contributed by atoms with E-state index in [9.17, 15) is 4.79 Å². The van der Waals surface area contributed by atoms with Gasteiger partial charge in [-0.15, -0.1) is 0 Å². The van der Waals surface area contributed by atoms with E-state index in [-0.39, 0.29) is 0 Å². The Morgan fingerprint density at radius 3 is 2.38 bits per heavy atom. The summed E-state index contributed by atoms with van der Waals surface area (Å²) in [6.45, 7) is 0.780. The van der Waals surface area contributed by atoms with E-state index in [1.165, 1.54) is 56.9 Å². The average molecular weight is 526 g/mol. The SMILES string of the molecule is Nc1nc2ccc3cc2cc1C(C1CCCCC1)CCCC(=O)N(C1CCCCC1)CCc1cccc(c1)O3. The van der Waals surface area contributed by atoms with Gasteiger partial charge in [0, 0.05) is 24.4 Å². The number of benzene rings is 2. The molecule has 1 aromatic heterocycles. The number of carbonyl (C=O) groups is 1. The fourth-order valence-corrected chi connectivity index (χ4v) is 7.40. The minimum absolute atomic E-state index is 0.328. The predicted octanol–water partition coefficient (Wildman–Crippen LogP) is 8.16. The summed E-state index contributed by atoms with van der Waals surface area (Å²) in [5, 5.41) is 1.07. The summed E-state index contributed by atoms with van der Waals surface area (Å²) in [5.41, 5.74) is 9.91. The van der Waals surface area contributed by atoms with E-state index >= 15 is 0 Å². The van der Waals surface area contributed by atoms with Crippen molar-refractivity contribution < 1.29 is 9.53 Å². The van der Waals surface area contributed by atoms with Crippen molar-refractivity contribution in [2.45, 2.75) is 102 Å². The van der Waals surface area contributed by atoms with Gasteiger partial charge in [-0.3, -0.25) is 4.79 Å². The number of amides is 1. The molecule has 0 spiro atoms. The lowest BCUT2D eigenvalue weighted by atomic mass is 9.74. The van der Waals surface area contributed by atoms with E-state index in [2.05, 4.69) is 35.2 Å². The Morgan fingerprint density at radius 1 is 0.795 bits per heavy atom. The molecule has 1 unspecified atom stereocenters. The summed E-state index contributed by atoms with van der Waals surface area (Å²) < 4.78 is 6.34. The number of pyridine rings is 1. The quantitative estimate of drug-likeness (QED) is 0.366. The number of carbonyl (C=O) groups excluding carboxylic acids is 1. The first-order valence-electron chi connectivity index (χ1n) is 15.4. The number of ether oxygens (including phenoxy) is 1. The molecule has 5 bridgehead atoms. The Hall–Kier alpha value is -3.08. The van der Waals surface area contributed by atoms with Gasteiger partial charge in [0.1, 0.15) is 17.3 Å². The smallest absolute Gasteiger partial charge is 0.222 e. The molecule has 1 amide bonds. The number of rotatable bonds is 2. The van der Waals surface area contributed by atoms with Crippen molar-refractivity contribution in [2.24, 2.45) is 5.92 Å². The van der Waals surface area contributed by atoms with Crippen LogP contribution in [-0.2, 0) is 11.2 Å². The Morgan fingerprint density at radius 2 is 1.56 bits per heavy atom. The van der Waals surface area contributed by atoms with E-state index < -0.39 is 0 Å². The molecule has 5 nitrogen and oxygen atoms in total. The lowest BCUT2D eigenvalue weighted by Crippen LogP contribution is -2.42. The third-order valence-electron chi connectivity index (χ3n) is 9.48. The van der Waals surface area contributed by atoms with Gasteiger partial charge in [-0.2, -0.15) is 0 Å². The van der Waals surface area contributed by atoms with Crippen molar-refractivity contribution >= 4 is 22.6 Å². The highest BCUT2D eigenvalue weighted by molar-refractivity contribution is 5.83. The summed E-state index contributed by atoms with van der Waals surface area (Å²) in [6.07, 6.45) is 15.8. The molecule has 2 heterocycles. The number of fused-ring (bicyclic) bond motifs is 4. The van der Waals surface area contributed by atoms with Crippen LogP contribution in [0.15, 0.2) is 48.5 Å². The number of nitrogens with two attached hydrogens (primary N) is 1. The van der Waals surface area contributed by atoms with Gasteiger partial charge >= 0.3 is 0 Å². The van der Waals surface area contributed by atoms with Crippen LogP contribution in [0.2, 0.25) is 0 Å². The van der Waals surface area contributed by atoms with Crippen molar-refractivity contribution in [3.8, 4) is 11.5 Å². The second-order valence-electron chi connectivity index (χ2n) is 12.1. The fourth-order valence-electron chi connectivity index (χ4n) is 7.40. The molecule has 2 aliphatic carbocycles. The molecule has 3 aliphatic rings. The minimum atomic E-state index is 0.328. The standard InChI is InChI=1S/C34H43N3O2/c35-34-31-23-26-22-29(17-18-32(26)36-34)39-28-14-7-9-24(21-28)19-20-37(27-12-5-2-6-13-27)33(38)16-8-15-30(31)25-10-3-1-4-11-25/h7,9,14,17-18,21-23,25,27,30H,1-6,8,10-13,15-16,19-20H2,(H2,35,36). The molecule has 3 aromatic rings. The van der Waals surface area contributed by atoms with Crippen LogP contribution in [0.25, 0.3) is 10.9 Å². The van der Waals surface area contributed by atoms with Crippen LogP contribution in [0.1, 0.15) is 101 Å². The molecule has 206 valence electrons. The predicted molar refractivity (Wildman–Crippen MR) is 158 cm³/mol. The molecule has 5 heteroatoms. The molecule has 0 radical (unpaired) electrons. The van der Waals surface area contributed by atoms with Crippen molar-refractivity contribution in [3.05, 3.63) is 59.7 Å². The Labute approximate surface area is 233 Å². The highest BCUT2D eigenvalue weighted by Crippen LogP contribution is 2.42.